The summed E-state index contributed by atoms with van der Waals surface area (Å²) in [5.41, 5.74) is 1.06. The van der Waals surface area contributed by atoms with E-state index in [2.05, 4.69) is 15.7 Å². The molecule has 1 aromatic rings. The van der Waals surface area contributed by atoms with Crippen LogP contribution in [0.5, 0.6) is 0 Å². The third-order valence-electron chi connectivity index (χ3n) is 5.61. The summed E-state index contributed by atoms with van der Waals surface area (Å²) in [4.78, 5) is 12.7. The van der Waals surface area contributed by atoms with Crippen molar-refractivity contribution in [3.05, 3.63) is 18.0 Å². The number of carbonyl (C=O) groups is 1. The van der Waals surface area contributed by atoms with Crippen LogP contribution < -0.4 is 10.6 Å². The molecule has 6 heteroatoms. The van der Waals surface area contributed by atoms with Crippen molar-refractivity contribution in [3.8, 4) is 0 Å². The number of amides is 1. The summed E-state index contributed by atoms with van der Waals surface area (Å²) in [6.07, 6.45) is 9.70. The number of likely N-dealkylation sites (N-methyl/N-ethyl adjacent to an activating group) is 1. The van der Waals surface area contributed by atoms with Crippen LogP contribution in [0.3, 0.4) is 0 Å². The molecule has 1 aromatic heterocycles. The molecule has 6 nitrogen and oxygen atoms in total. The second-order valence-electron chi connectivity index (χ2n) is 6.85. The zero-order valence-electron chi connectivity index (χ0n) is 14.3. The van der Waals surface area contributed by atoms with Gasteiger partial charge in [0.1, 0.15) is 6.04 Å². The van der Waals surface area contributed by atoms with Gasteiger partial charge < -0.3 is 15.4 Å². The van der Waals surface area contributed by atoms with Crippen LogP contribution in [0.2, 0.25) is 0 Å². The summed E-state index contributed by atoms with van der Waals surface area (Å²) in [5, 5.41) is 10.5. The monoisotopic (exact) mass is 320 g/mol. The molecule has 2 saturated carbocycles. The number of carbonyl (C=O) groups excluding carboxylic acids is 1. The maximum atomic E-state index is 12.7. The first-order valence-electron chi connectivity index (χ1n) is 8.68. The Morgan fingerprint density at radius 2 is 2.26 bits per heavy atom. The largest absolute Gasteiger partial charge is 0.378 e. The SMILES string of the molecule is CCOC1CC(NC(=O)C(NC)c2cnn(C)c2)C12CCCC2. The van der Waals surface area contributed by atoms with Crippen LogP contribution >= 0.6 is 0 Å². The molecule has 3 unspecified atom stereocenters. The van der Waals surface area contributed by atoms with Crippen molar-refractivity contribution < 1.29 is 9.53 Å². The van der Waals surface area contributed by atoms with Crippen LogP contribution in [0.4, 0.5) is 0 Å². The predicted octanol–water partition coefficient (Wildman–Crippen LogP) is 1.53. The summed E-state index contributed by atoms with van der Waals surface area (Å²) >= 11 is 0. The molecule has 3 atom stereocenters. The van der Waals surface area contributed by atoms with Gasteiger partial charge in [0, 0.05) is 36.9 Å². The zero-order chi connectivity index (χ0) is 16.4. The van der Waals surface area contributed by atoms with Crippen LogP contribution in [0.1, 0.15) is 50.6 Å². The highest BCUT2D eigenvalue weighted by Crippen LogP contribution is 2.54. The molecule has 3 rings (SSSR count). The Kier molecular flexibility index (Phi) is 4.73. The molecule has 2 N–H and O–H groups in total. The summed E-state index contributed by atoms with van der Waals surface area (Å²) in [7, 11) is 3.67. The van der Waals surface area contributed by atoms with Crippen LogP contribution in [-0.4, -0.2) is 41.5 Å². The Morgan fingerprint density at radius 3 is 2.83 bits per heavy atom. The minimum absolute atomic E-state index is 0.0340. The fourth-order valence-electron chi connectivity index (χ4n) is 4.38. The van der Waals surface area contributed by atoms with Gasteiger partial charge in [-0.2, -0.15) is 5.10 Å². The highest BCUT2D eigenvalue weighted by atomic mass is 16.5. The van der Waals surface area contributed by atoms with Crippen LogP contribution in [0, 0.1) is 5.41 Å². The van der Waals surface area contributed by atoms with Crippen molar-refractivity contribution >= 4 is 5.91 Å². The molecule has 1 amide bonds. The number of rotatable bonds is 6. The molecule has 0 radical (unpaired) electrons. The van der Waals surface area contributed by atoms with Crippen molar-refractivity contribution in [1.82, 2.24) is 20.4 Å². The van der Waals surface area contributed by atoms with Crippen molar-refractivity contribution in [3.63, 3.8) is 0 Å². The first kappa shape index (κ1) is 16.5. The highest BCUT2D eigenvalue weighted by molar-refractivity contribution is 5.83. The maximum absolute atomic E-state index is 12.7. The Hall–Kier alpha value is -1.40. The topological polar surface area (TPSA) is 68.2 Å². The molecule has 0 aliphatic heterocycles. The molecule has 2 aliphatic rings. The summed E-state index contributed by atoms with van der Waals surface area (Å²) in [6.45, 7) is 2.80. The van der Waals surface area contributed by atoms with Crippen molar-refractivity contribution in [2.24, 2.45) is 12.5 Å². The number of nitrogens with zero attached hydrogens (tertiary/aromatic N) is 2. The Morgan fingerprint density at radius 1 is 1.52 bits per heavy atom. The van der Waals surface area contributed by atoms with Gasteiger partial charge in [0.2, 0.25) is 5.91 Å². The lowest BCUT2D eigenvalue weighted by atomic mass is 9.60. The molecule has 128 valence electrons. The van der Waals surface area contributed by atoms with Gasteiger partial charge >= 0.3 is 0 Å². The summed E-state index contributed by atoms with van der Waals surface area (Å²) < 4.78 is 7.64. The van der Waals surface area contributed by atoms with E-state index in [-0.39, 0.29) is 23.4 Å². The van der Waals surface area contributed by atoms with E-state index >= 15 is 0 Å². The highest BCUT2D eigenvalue weighted by Gasteiger charge is 2.57. The van der Waals surface area contributed by atoms with Gasteiger partial charge in [0.15, 0.2) is 0 Å². The number of hydrogen-bond acceptors (Lipinski definition) is 4. The van der Waals surface area contributed by atoms with Crippen LogP contribution in [0.15, 0.2) is 12.4 Å². The fraction of sp³-hybridized carbons (Fsp3) is 0.765. The standard InChI is InChI=1S/C17H28N4O2/c1-4-23-14-9-13(17(14)7-5-6-8-17)20-16(22)15(18-2)12-10-19-21(3)11-12/h10-11,13-15,18H,4-9H2,1-3H3,(H,20,22). The average Bonchev–Trinajstić information content (AvgIpc) is 3.18. The van der Waals surface area contributed by atoms with Gasteiger partial charge in [-0.05, 0) is 33.2 Å². The Bertz CT molecular complexity index is 551. The van der Waals surface area contributed by atoms with Crippen molar-refractivity contribution in [2.75, 3.05) is 13.7 Å². The Balaban J connectivity index is 1.67. The van der Waals surface area contributed by atoms with Gasteiger partial charge in [-0.1, -0.05) is 12.8 Å². The molecule has 1 heterocycles. The third-order valence-corrected chi connectivity index (χ3v) is 5.61. The second-order valence-corrected chi connectivity index (χ2v) is 6.85. The van der Waals surface area contributed by atoms with Crippen molar-refractivity contribution in [2.45, 2.75) is 57.2 Å². The predicted molar refractivity (Wildman–Crippen MR) is 87.9 cm³/mol. The normalized spacial score (nSPS) is 26.9. The van der Waals surface area contributed by atoms with E-state index in [4.69, 9.17) is 4.74 Å². The van der Waals surface area contributed by atoms with E-state index < -0.39 is 0 Å². The van der Waals surface area contributed by atoms with Gasteiger partial charge in [0.25, 0.3) is 0 Å². The summed E-state index contributed by atoms with van der Waals surface area (Å²) in [5.74, 6) is 0.0340. The maximum Gasteiger partial charge on any atom is 0.242 e. The van der Waals surface area contributed by atoms with Gasteiger partial charge in [0.05, 0.1) is 12.3 Å². The molecule has 23 heavy (non-hydrogen) atoms. The molecular formula is C17H28N4O2. The first-order valence-corrected chi connectivity index (χ1v) is 8.68. The number of hydrogen-bond donors (Lipinski definition) is 2. The smallest absolute Gasteiger partial charge is 0.242 e. The van der Waals surface area contributed by atoms with E-state index in [1.165, 1.54) is 25.7 Å². The van der Waals surface area contributed by atoms with Crippen LogP contribution in [-0.2, 0) is 16.6 Å². The van der Waals surface area contributed by atoms with E-state index in [0.29, 0.717) is 6.10 Å². The van der Waals surface area contributed by atoms with Gasteiger partial charge in [-0.3, -0.25) is 9.48 Å². The number of aryl methyl sites for hydroxylation is 1. The minimum Gasteiger partial charge on any atom is -0.378 e. The lowest BCUT2D eigenvalue weighted by Gasteiger charge is -2.54. The zero-order valence-corrected chi connectivity index (χ0v) is 14.3. The van der Waals surface area contributed by atoms with E-state index in [0.717, 1.165) is 18.6 Å². The quantitative estimate of drug-likeness (QED) is 0.834. The van der Waals surface area contributed by atoms with Crippen LogP contribution in [0.25, 0.3) is 0 Å². The van der Waals surface area contributed by atoms with Gasteiger partial charge in [-0.25, -0.2) is 0 Å². The molecule has 0 aromatic carbocycles. The molecule has 2 aliphatic carbocycles. The first-order chi connectivity index (χ1) is 11.1. The molecule has 0 saturated heterocycles. The number of ether oxygens (including phenoxy) is 1. The van der Waals surface area contributed by atoms with Gasteiger partial charge in [-0.15, -0.1) is 0 Å². The lowest BCUT2D eigenvalue weighted by Crippen LogP contribution is -2.64. The van der Waals surface area contributed by atoms with E-state index in [1.807, 2.05) is 27.2 Å². The fourth-order valence-corrected chi connectivity index (χ4v) is 4.38. The molecular weight excluding hydrogens is 292 g/mol. The average molecular weight is 320 g/mol. The second kappa shape index (κ2) is 6.61. The summed E-state index contributed by atoms with van der Waals surface area (Å²) in [6, 6.07) is -0.116. The third kappa shape index (κ3) is 2.90. The van der Waals surface area contributed by atoms with Crippen molar-refractivity contribution in [1.29, 1.82) is 0 Å². The Labute approximate surface area is 138 Å². The number of aromatic nitrogens is 2. The van der Waals surface area contributed by atoms with E-state index in [1.54, 1.807) is 10.9 Å². The number of nitrogens with one attached hydrogen (secondary N) is 2. The molecule has 1 spiro atoms. The lowest BCUT2D eigenvalue weighted by molar-refractivity contribution is -0.145. The molecule has 0 bridgehead atoms. The minimum atomic E-state index is -0.353. The van der Waals surface area contributed by atoms with E-state index in [9.17, 15) is 4.79 Å². The molecule has 2 fully saturated rings.